The fourth-order valence-electron chi connectivity index (χ4n) is 2.58. The largest absolute Gasteiger partial charge is 0.462 e. The summed E-state index contributed by atoms with van der Waals surface area (Å²) in [5.41, 5.74) is 8.35. The number of anilines is 1. The number of carbonyl (C=O) groups is 1. The Bertz CT molecular complexity index is 732. The summed E-state index contributed by atoms with van der Waals surface area (Å²) in [6.07, 6.45) is 4.99. The third-order valence-electron chi connectivity index (χ3n) is 4.28. The van der Waals surface area contributed by atoms with Gasteiger partial charge in [0.15, 0.2) is 5.65 Å². The minimum Gasteiger partial charge on any atom is -0.462 e. The Labute approximate surface area is 136 Å². The number of rotatable bonds is 6. The van der Waals surface area contributed by atoms with E-state index >= 15 is 0 Å². The highest BCUT2D eigenvalue weighted by Crippen LogP contribution is 2.30. The van der Waals surface area contributed by atoms with Gasteiger partial charge in [-0.25, -0.2) is 14.5 Å². The summed E-state index contributed by atoms with van der Waals surface area (Å²) in [5, 5.41) is 5.10. The SMILES string of the molecule is Cc1nc2c(cnn2CCC(C)C)c(N)c1C(=O)OCC1CC1. The van der Waals surface area contributed by atoms with Gasteiger partial charge in [-0.1, -0.05) is 13.8 Å². The third kappa shape index (κ3) is 3.30. The highest BCUT2D eigenvalue weighted by atomic mass is 16.5. The molecule has 0 amide bonds. The van der Waals surface area contributed by atoms with E-state index in [2.05, 4.69) is 23.9 Å². The monoisotopic (exact) mass is 316 g/mol. The van der Waals surface area contributed by atoms with E-state index in [1.54, 1.807) is 13.1 Å². The molecular weight excluding hydrogens is 292 g/mol. The lowest BCUT2D eigenvalue weighted by molar-refractivity contribution is 0.0486. The molecule has 0 saturated heterocycles. The number of nitrogens with two attached hydrogens (primary N) is 1. The minimum absolute atomic E-state index is 0.376. The molecule has 1 saturated carbocycles. The molecule has 6 heteroatoms. The van der Waals surface area contributed by atoms with Crippen molar-refractivity contribution in [2.75, 3.05) is 12.3 Å². The maximum atomic E-state index is 12.3. The molecule has 2 heterocycles. The van der Waals surface area contributed by atoms with Crippen molar-refractivity contribution < 1.29 is 9.53 Å². The summed E-state index contributed by atoms with van der Waals surface area (Å²) in [4.78, 5) is 16.9. The molecular formula is C17H24N4O2. The number of esters is 1. The zero-order valence-corrected chi connectivity index (χ0v) is 14.0. The van der Waals surface area contributed by atoms with Gasteiger partial charge in [0.25, 0.3) is 0 Å². The first-order valence-electron chi connectivity index (χ1n) is 8.26. The maximum Gasteiger partial charge on any atom is 0.342 e. The predicted molar refractivity (Wildman–Crippen MR) is 89.1 cm³/mol. The van der Waals surface area contributed by atoms with E-state index in [4.69, 9.17) is 10.5 Å². The zero-order chi connectivity index (χ0) is 16.6. The molecule has 2 aromatic rings. The van der Waals surface area contributed by atoms with Gasteiger partial charge in [0.2, 0.25) is 0 Å². The number of aryl methyl sites for hydroxylation is 2. The van der Waals surface area contributed by atoms with E-state index in [9.17, 15) is 4.79 Å². The van der Waals surface area contributed by atoms with Crippen molar-refractivity contribution in [3.63, 3.8) is 0 Å². The van der Waals surface area contributed by atoms with Crippen molar-refractivity contribution in [3.05, 3.63) is 17.5 Å². The summed E-state index contributed by atoms with van der Waals surface area (Å²) < 4.78 is 7.22. The molecule has 2 N–H and O–H groups in total. The first-order chi connectivity index (χ1) is 11.0. The highest BCUT2D eigenvalue weighted by molar-refractivity contribution is 6.04. The third-order valence-corrected chi connectivity index (χ3v) is 4.28. The van der Waals surface area contributed by atoms with Crippen molar-refractivity contribution in [3.8, 4) is 0 Å². The lowest BCUT2D eigenvalue weighted by Crippen LogP contribution is -2.14. The zero-order valence-electron chi connectivity index (χ0n) is 14.0. The van der Waals surface area contributed by atoms with Crippen LogP contribution in [-0.2, 0) is 11.3 Å². The standard InChI is InChI=1S/C17H24N4O2/c1-10(2)6-7-21-16-13(8-19-21)15(18)14(11(3)20-16)17(22)23-9-12-4-5-12/h8,10,12H,4-7,9H2,1-3H3,(H2,18,20). The van der Waals surface area contributed by atoms with Crippen LogP contribution < -0.4 is 5.73 Å². The summed E-state index contributed by atoms with van der Waals surface area (Å²) in [6, 6.07) is 0. The number of aromatic nitrogens is 3. The van der Waals surface area contributed by atoms with Crippen LogP contribution in [0.2, 0.25) is 0 Å². The smallest absolute Gasteiger partial charge is 0.342 e. The van der Waals surface area contributed by atoms with E-state index < -0.39 is 0 Å². The highest BCUT2D eigenvalue weighted by Gasteiger charge is 2.26. The molecule has 1 aliphatic carbocycles. The fourth-order valence-corrected chi connectivity index (χ4v) is 2.58. The Morgan fingerprint density at radius 1 is 1.48 bits per heavy atom. The Morgan fingerprint density at radius 3 is 2.87 bits per heavy atom. The Morgan fingerprint density at radius 2 is 2.22 bits per heavy atom. The second kappa shape index (κ2) is 6.18. The molecule has 2 aromatic heterocycles. The summed E-state index contributed by atoms with van der Waals surface area (Å²) >= 11 is 0. The van der Waals surface area contributed by atoms with Crippen LogP contribution in [-0.4, -0.2) is 27.3 Å². The van der Waals surface area contributed by atoms with Crippen molar-refractivity contribution in [1.82, 2.24) is 14.8 Å². The van der Waals surface area contributed by atoms with Crippen molar-refractivity contribution in [1.29, 1.82) is 0 Å². The quantitative estimate of drug-likeness (QED) is 0.828. The lowest BCUT2D eigenvalue weighted by atomic mass is 10.1. The molecule has 0 radical (unpaired) electrons. The van der Waals surface area contributed by atoms with Crippen molar-refractivity contribution >= 4 is 22.7 Å². The van der Waals surface area contributed by atoms with E-state index in [0.29, 0.717) is 35.4 Å². The molecule has 124 valence electrons. The van der Waals surface area contributed by atoms with Crippen LogP contribution in [0.3, 0.4) is 0 Å². The van der Waals surface area contributed by atoms with Gasteiger partial charge in [-0.05, 0) is 38.0 Å². The summed E-state index contributed by atoms with van der Waals surface area (Å²) in [5.74, 6) is 0.733. The van der Waals surface area contributed by atoms with Gasteiger partial charge in [-0.3, -0.25) is 0 Å². The first kappa shape index (κ1) is 15.8. The Hall–Kier alpha value is -2.11. The maximum absolute atomic E-state index is 12.3. The van der Waals surface area contributed by atoms with Crippen LogP contribution in [0.1, 0.15) is 49.2 Å². The molecule has 0 spiro atoms. The van der Waals surface area contributed by atoms with Gasteiger partial charge in [0, 0.05) is 6.54 Å². The van der Waals surface area contributed by atoms with E-state index in [0.717, 1.165) is 36.8 Å². The van der Waals surface area contributed by atoms with E-state index in [1.165, 1.54) is 0 Å². The molecule has 6 nitrogen and oxygen atoms in total. The number of nitrogens with zero attached hydrogens (tertiary/aromatic N) is 3. The van der Waals surface area contributed by atoms with Gasteiger partial charge in [-0.15, -0.1) is 0 Å². The first-order valence-corrected chi connectivity index (χ1v) is 8.26. The second-order valence-electron chi connectivity index (χ2n) is 6.82. The molecule has 3 rings (SSSR count). The number of ether oxygens (including phenoxy) is 1. The number of nitrogen functional groups attached to an aromatic ring is 1. The normalized spacial score (nSPS) is 14.6. The van der Waals surface area contributed by atoms with Gasteiger partial charge in [0.1, 0.15) is 5.56 Å². The van der Waals surface area contributed by atoms with Gasteiger partial charge in [0.05, 0.1) is 29.6 Å². The number of hydrogen-bond donors (Lipinski definition) is 1. The number of carbonyl (C=O) groups excluding carboxylic acids is 1. The molecule has 0 unspecified atom stereocenters. The Kier molecular flexibility index (Phi) is 4.24. The number of hydrogen-bond acceptors (Lipinski definition) is 5. The molecule has 1 fully saturated rings. The van der Waals surface area contributed by atoms with Gasteiger partial charge >= 0.3 is 5.97 Å². The van der Waals surface area contributed by atoms with Gasteiger partial charge in [-0.2, -0.15) is 5.10 Å². The molecule has 0 aliphatic heterocycles. The molecule has 23 heavy (non-hydrogen) atoms. The topological polar surface area (TPSA) is 83.0 Å². The number of fused-ring (bicyclic) bond motifs is 1. The average molecular weight is 316 g/mol. The minimum atomic E-state index is -0.378. The van der Waals surface area contributed by atoms with Crippen LogP contribution >= 0.6 is 0 Å². The van der Waals surface area contributed by atoms with Gasteiger partial charge < -0.3 is 10.5 Å². The average Bonchev–Trinajstić information content (AvgIpc) is 3.23. The van der Waals surface area contributed by atoms with Crippen LogP contribution in [0.25, 0.3) is 11.0 Å². The van der Waals surface area contributed by atoms with E-state index in [-0.39, 0.29) is 5.97 Å². The summed E-state index contributed by atoms with van der Waals surface area (Å²) in [7, 11) is 0. The molecule has 1 aliphatic rings. The molecule has 0 bridgehead atoms. The van der Waals surface area contributed by atoms with Crippen LogP contribution in [0.4, 0.5) is 5.69 Å². The van der Waals surface area contributed by atoms with Crippen LogP contribution in [0.15, 0.2) is 6.20 Å². The lowest BCUT2D eigenvalue weighted by Gasteiger charge is -2.11. The predicted octanol–water partition coefficient (Wildman–Crippen LogP) is 2.93. The molecule has 0 aromatic carbocycles. The Balaban J connectivity index is 1.89. The van der Waals surface area contributed by atoms with Crippen LogP contribution in [0.5, 0.6) is 0 Å². The molecule has 0 atom stereocenters. The van der Waals surface area contributed by atoms with Crippen molar-refractivity contribution in [2.24, 2.45) is 11.8 Å². The summed E-state index contributed by atoms with van der Waals surface area (Å²) in [6.45, 7) is 7.41. The second-order valence-corrected chi connectivity index (χ2v) is 6.82. The number of pyridine rings is 1. The fraction of sp³-hybridized carbons (Fsp3) is 0.588. The van der Waals surface area contributed by atoms with E-state index in [1.807, 2.05) is 4.68 Å². The van der Waals surface area contributed by atoms with Crippen LogP contribution in [0, 0.1) is 18.8 Å². The van der Waals surface area contributed by atoms with Crippen molar-refractivity contribution in [2.45, 2.75) is 46.6 Å².